The Bertz CT molecular complexity index is 394. The van der Waals surface area contributed by atoms with Gasteiger partial charge >= 0.3 is 0 Å². The largest absolute Gasteiger partial charge is 0.392 e. The second-order valence-electron chi connectivity index (χ2n) is 3.21. The lowest BCUT2D eigenvalue weighted by Crippen LogP contribution is -2.29. The predicted octanol–water partition coefficient (Wildman–Crippen LogP) is 0.927. The summed E-state index contributed by atoms with van der Waals surface area (Å²) in [5.41, 5.74) is 0.624. The number of aliphatic hydroxyl groups is 1. The molecule has 0 fully saturated rings. The fourth-order valence-corrected chi connectivity index (χ4v) is 3.41. The monoisotopic (exact) mass is 235 g/mol. The van der Waals surface area contributed by atoms with Crippen molar-refractivity contribution in [3.05, 3.63) is 17.0 Å². The van der Waals surface area contributed by atoms with Crippen molar-refractivity contribution in [1.82, 2.24) is 4.72 Å². The molecule has 0 aliphatic rings. The van der Waals surface area contributed by atoms with Crippen molar-refractivity contribution < 1.29 is 13.5 Å². The number of hydrogen-bond donors (Lipinski definition) is 2. The van der Waals surface area contributed by atoms with Crippen LogP contribution in [-0.4, -0.2) is 19.6 Å². The van der Waals surface area contributed by atoms with Gasteiger partial charge in [0.05, 0.1) is 6.61 Å². The summed E-state index contributed by atoms with van der Waals surface area (Å²) >= 11 is 1.11. The van der Waals surface area contributed by atoms with Crippen molar-refractivity contribution in [3.8, 4) is 0 Å². The highest BCUT2D eigenvalue weighted by molar-refractivity contribution is 7.91. The summed E-state index contributed by atoms with van der Waals surface area (Å²) in [7, 11) is -3.39. The third-order valence-electron chi connectivity index (χ3n) is 1.47. The highest BCUT2D eigenvalue weighted by atomic mass is 32.2. The molecular formula is C8H13NO3S2. The SMILES string of the molecule is CC(C)NS(=O)(=O)c1cc(CO)cs1. The van der Waals surface area contributed by atoms with Gasteiger partial charge in [-0.15, -0.1) is 11.3 Å². The molecule has 2 N–H and O–H groups in total. The fraction of sp³-hybridized carbons (Fsp3) is 0.500. The first kappa shape index (κ1) is 11.6. The van der Waals surface area contributed by atoms with E-state index < -0.39 is 10.0 Å². The summed E-state index contributed by atoms with van der Waals surface area (Å²) in [6, 6.07) is 1.36. The van der Waals surface area contributed by atoms with Gasteiger partial charge in [0.15, 0.2) is 0 Å². The van der Waals surface area contributed by atoms with Crippen molar-refractivity contribution in [1.29, 1.82) is 0 Å². The third kappa shape index (κ3) is 2.78. The molecule has 80 valence electrons. The molecule has 1 aromatic rings. The van der Waals surface area contributed by atoms with Crippen molar-refractivity contribution in [2.45, 2.75) is 30.7 Å². The Morgan fingerprint density at radius 2 is 2.21 bits per heavy atom. The maximum Gasteiger partial charge on any atom is 0.250 e. The van der Waals surface area contributed by atoms with Gasteiger partial charge in [-0.25, -0.2) is 13.1 Å². The summed E-state index contributed by atoms with van der Waals surface area (Å²) < 4.78 is 25.9. The van der Waals surface area contributed by atoms with E-state index in [0.29, 0.717) is 5.56 Å². The van der Waals surface area contributed by atoms with Crippen molar-refractivity contribution in [2.75, 3.05) is 0 Å². The van der Waals surface area contributed by atoms with Gasteiger partial charge in [-0.3, -0.25) is 0 Å². The summed E-state index contributed by atoms with van der Waals surface area (Å²) in [5, 5.41) is 10.4. The fourth-order valence-electron chi connectivity index (χ4n) is 0.945. The number of rotatable bonds is 4. The highest BCUT2D eigenvalue weighted by Gasteiger charge is 2.17. The van der Waals surface area contributed by atoms with E-state index in [-0.39, 0.29) is 16.9 Å². The smallest absolute Gasteiger partial charge is 0.250 e. The molecule has 14 heavy (non-hydrogen) atoms. The molecule has 0 saturated carbocycles. The van der Waals surface area contributed by atoms with Crippen LogP contribution in [0.2, 0.25) is 0 Å². The van der Waals surface area contributed by atoms with Crippen LogP contribution in [0.4, 0.5) is 0 Å². The van der Waals surface area contributed by atoms with E-state index in [1.54, 1.807) is 19.2 Å². The summed E-state index contributed by atoms with van der Waals surface area (Å²) in [5.74, 6) is 0. The van der Waals surface area contributed by atoms with Gasteiger partial charge in [-0.05, 0) is 30.9 Å². The molecule has 0 aliphatic heterocycles. The van der Waals surface area contributed by atoms with Gasteiger partial charge in [-0.1, -0.05) is 0 Å². The molecule has 0 amide bonds. The predicted molar refractivity (Wildman–Crippen MR) is 55.7 cm³/mol. The van der Waals surface area contributed by atoms with E-state index >= 15 is 0 Å². The normalized spacial score (nSPS) is 12.3. The zero-order valence-corrected chi connectivity index (χ0v) is 9.65. The standard InChI is InChI=1S/C8H13NO3S2/c1-6(2)9-14(11,12)8-3-7(4-10)5-13-8/h3,5-6,9-10H,4H2,1-2H3. The molecule has 0 atom stereocenters. The van der Waals surface area contributed by atoms with E-state index in [0.717, 1.165) is 11.3 Å². The highest BCUT2D eigenvalue weighted by Crippen LogP contribution is 2.20. The first-order valence-electron chi connectivity index (χ1n) is 4.16. The molecule has 0 unspecified atom stereocenters. The maximum atomic E-state index is 11.6. The molecule has 6 heteroatoms. The van der Waals surface area contributed by atoms with Crippen LogP contribution in [0.1, 0.15) is 19.4 Å². The van der Waals surface area contributed by atoms with Crippen LogP contribution in [0, 0.1) is 0 Å². The van der Waals surface area contributed by atoms with E-state index in [2.05, 4.69) is 4.72 Å². The molecule has 1 heterocycles. The Labute approximate surface area is 87.6 Å². The van der Waals surface area contributed by atoms with Crippen LogP contribution in [0.25, 0.3) is 0 Å². The lowest BCUT2D eigenvalue weighted by molar-refractivity contribution is 0.282. The van der Waals surface area contributed by atoms with Crippen molar-refractivity contribution in [2.24, 2.45) is 0 Å². The van der Waals surface area contributed by atoms with Crippen LogP contribution in [0.3, 0.4) is 0 Å². The lowest BCUT2D eigenvalue weighted by Gasteiger charge is -2.06. The van der Waals surface area contributed by atoms with E-state index in [1.807, 2.05) is 0 Å². The maximum absolute atomic E-state index is 11.6. The molecule has 0 saturated heterocycles. The zero-order chi connectivity index (χ0) is 10.8. The van der Waals surface area contributed by atoms with Crippen LogP contribution in [0.5, 0.6) is 0 Å². The Balaban J connectivity index is 2.93. The number of thiophene rings is 1. The summed E-state index contributed by atoms with van der Waals surface area (Å²) in [6.07, 6.45) is 0. The molecule has 4 nitrogen and oxygen atoms in total. The van der Waals surface area contributed by atoms with Gasteiger partial charge in [0.25, 0.3) is 0 Å². The van der Waals surface area contributed by atoms with Gasteiger partial charge in [0, 0.05) is 6.04 Å². The second-order valence-corrected chi connectivity index (χ2v) is 6.06. The van der Waals surface area contributed by atoms with E-state index in [1.165, 1.54) is 6.07 Å². The van der Waals surface area contributed by atoms with Crippen molar-refractivity contribution >= 4 is 21.4 Å². The van der Waals surface area contributed by atoms with Gasteiger partial charge < -0.3 is 5.11 Å². The molecule has 0 aliphatic carbocycles. The zero-order valence-electron chi connectivity index (χ0n) is 8.02. The van der Waals surface area contributed by atoms with E-state index in [4.69, 9.17) is 5.11 Å². The topological polar surface area (TPSA) is 66.4 Å². The Hall–Kier alpha value is -0.430. The van der Waals surface area contributed by atoms with Gasteiger partial charge in [0.1, 0.15) is 4.21 Å². The van der Waals surface area contributed by atoms with Crippen molar-refractivity contribution in [3.63, 3.8) is 0 Å². The quantitative estimate of drug-likeness (QED) is 0.815. The number of sulfonamides is 1. The molecular weight excluding hydrogens is 222 g/mol. The average Bonchev–Trinajstić information content (AvgIpc) is 2.49. The molecule has 1 rings (SSSR count). The minimum absolute atomic E-state index is 0.125. The molecule has 0 spiro atoms. The first-order chi connectivity index (χ1) is 6.45. The Morgan fingerprint density at radius 3 is 2.64 bits per heavy atom. The summed E-state index contributed by atoms with van der Waals surface area (Å²) in [6.45, 7) is 3.39. The van der Waals surface area contributed by atoms with Crippen LogP contribution in [0.15, 0.2) is 15.7 Å². The third-order valence-corrected chi connectivity index (χ3v) is 4.61. The van der Waals surface area contributed by atoms with Crippen LogP contribution < -0.4 is 4.72 Å². The van der Waals surface area contributed by atoms with E-state index in [9.17, 15) is 8.42 Å². The average molecular weight is 235 g/mol. The first-order valence-corrected chi connectivity index (χ1v) is 6.52. The minimum Gasteiger partial charge on any atom is -0.392 e. The summed E-state index contributed by atoms with van der Waals surface area (Å²) in [4.78, 5) is 0. The van der Waals surface area contributed by atoms with Gasteiger partial charge in [-0.2, -0.15) is 0 Å². The molecule has 0 bridgehead atoms. The number of nitrogens with one attached hydrogen (secondary N) is 1. The number of aliphatic hydroxyl groups excluding tert-OH is 1. The van der Waals surface area contributed by atoms with Crippen LogP contribution in [-0.2, 0) is 16.6 Å². The molecule has 1 aromatic heterocycles. The minimum atomic E-state index is -3.39. The van der Waals surface area contributed by atoms with Gasteiger partial charge in [0.2, 0.25) is 10.0 Å². The molecule has 0 radical (unpaired) electrons. The second kappa shape index (κ2) is 4.39. The van der Waals surface area contributed by atoms with Crippen LogP contribution >= 0.6 is 11.3 Å². The molecule has 0 aromatic carbocycles. The number of hydrogen-bond acceptors (Lipinski definition) is 4. The lowest BCUT2D eigenvalue weighted by atomic mass is 10.4. The Kier molecular flexibility index (Phi) is 3.65. The Morgan fingerprint density at radius 1 is 1.57 bits per heavy atom.